The number of aliphatic carboxylic acids is 1. The van der Waals surface area contributed by atoms with E-state index in [-0.39, 0.29) is 5.88 Å². The molecule has 0 bridgehead atoms. The van der Waals surface area contributed by atoms with Crippen molar-refractivity contribution < 1.29 is 24.5 Å². The lowest BCUT2D eigenvalue weighted by Gasteiger charge is -2.40. The van der Waals surface area contributed by atoms with Gasteiger partial charge in [0.05, 0.1) is 19.8 Å². The van der Waals surface area contributed by atoms with Crippen molar-refractivity contribution in [2.45, 2.75) is 24.5 Å². The van der Waals surface area contributed by atoms with Gasteiger partial charge in [-0.1, -0.05) is 30.3 Å². The fourth-order valence-corrected chi connectivity index (χ4v) is 3.59. The maximum absolute atomic E-state index is 12.0. The molecule has 2 aromatic rings. The number of benzene rings is 1. The van der Waals surface area contributed by atoms with Gasteiger partial charge in [-0.3, -0.25) is 9.69 Å². The number of pyridine rings is 1. The molecule has 1 aliphatic rings. The van der Waals surface area contributed by atoms with E-state index in [2.05, 4.69) is 4.98 Å². The van der Waals surface area contributed by atoms with Crippen LogP contribution in [0.3, 0.4) is 0 Å². The van der Waals surface area contributed by atoms with Gasteiger partial charge < -0.3 is 19.7 Å². The van der Waals surface area contributed by atoms with Crippen LogP contribution in [0.4, 0.5) is 0 Å². The number of carboxylic acids is 1. The van der Waals surface area contributed by atoms with Crippen LogP contribution in [0.5, 0.6) is 11.8 Å². The van der Waals surface area contributed by atoms with Crippen molar-refractivity contribution in [3.05, 3.63) is 53.6 Å². The highest BCUT2D eigenvalue weighted by Gasteiger charge is 2.39. The predicted molar refractivity (Wildman–Crippen MR) is 98.9 cm³/mol. The highest BCUT2D eigenvalue weighted by Crippen LogP contribution is 2.37. The number of methoxy groups -OCH3 is 2. The Morgan fingerprint density at radius 1 is 1.11 bits per heavy atom. The van der Waals surface area contributed by atoms with E-state index in [0.29, 0.717) is 37.4 Å². The van der Waals surface area contributed by atoms with Crippen molar-refractivity contribution >= 4 is 5.97 Å². The van der Waals surface area contributed by atoms with Gasteiger partial charge in [-0.2, -0.15) is 4.98 Å². The molecule has 1 atom stereocenters. The Morgan fingerprint density at radius 3 is 2.33 bits per heavy atom. The molecule has 0 saturated carbocycles. The zero-order chi connectivity index (χ0) is 19.4. The molecule has 1 aromatic heterocycles. The minimum absolute atomic E-state index is 0.227. The van der Waals surface area contributed by atoms with Gasteiger partial charge in [-0.25, -0.2) is 0 Å². The number of carboxylic acid groups (broad SMARTS) is 1. The van der Waals surface area contributed by atoms with Crippen molar-refractivity contribution in [2.75, 3.05) is 27.3 Å². The number of nitrogens with zero attached hydrogens (tertiary/aromatic N) is 2. The molecule has 0 amide bonds. The predicted octanol–water partition coefficient (Wildman–Crippen LogP) is 2.21. The van der Waals surface area contributed by atoms with Crippen LogP contribution in [0.15, 0.2) is 42.5 Å². The van der Waals surface area contributed by atoms with Gasteiger partial charge in [0.2, 0.25) is 11.8 Å². The Hall–Kier alpha value is -2.64. The van der Waals surface area contributed by atoms with Crippen LogP contribution in [-0.4, -0.2) is 53.4 Å². The first-order valence-electron chi connectivity index (χ1n) is 8.82. The molecule has 1 aromatic carbocycles. The van der Waals surface area contributed by atoms with E-state index in [1.54, 1.807) is 12.1 Å². The summed E-state index contributed by atoms with van der Waals surface area (Å²) in [6, 6.07) is 11.9. The van der Waals surface area contributed by atoms with E-state index >= 15 is 0 Å². The average molecular weight is 372 g/mol. The van der Waals surface area contributed by atoms with Crippen molar-refractivity contribution in [1.29, 1.82) is 0 Å². The average Bonchev–Trinajstić information content (AvgIpc) is 2.70. The summed E-state index contributed by atoms with van der Waals surface area (Å²) in [6.07, 6.45) is 0.902. The quantitative estimate of drug-likeness (QED) is 0.803. The van der Waals surface area contributed by atoms with E-state index in [1.165, 1.54) is 14.2 Å². The highest BCUT2D eigenvalue weighted by molar-refractivity contribution is 5.76. The van der Waals surface area contributed by atoms with Crippen LogP contribution < -0.4 is 9.47 Å². The molecule has 2 N–H and O–H groups in total. The Bertz CT molecular complexity index is 788. The van der Waals surface area contributed by atoms with Crippen molar-refractivity contribution in [1.82, 2.24) is 9.88 Å². The van der Waals surface area contributed by atoms with Gasteiger partial charge in [-0.05, 0) is 24.5 Å². The molecule has 27 heavy (non-hydrogen) atoms. The number of aromatic nitrogens is 1. The molecular formula is C20H24N2O5. The van der Waals surface area contributed by atoms with E-state index in [0.717, 1.165) is 5.56 Å². The number of likely N-dealkylation sites (tertiary alicyclic amines) is 1. The van der Waals surface area contributed by atoms with E-state index in [1.807, 2.05) is 35.2 Å². The molecule has 3 rings (SSSR count). The summed E-state index contributed by atoms with van der Waals surface area (Å²) in [6.45, 7) is 0.884. The molecule has 1 unspecified atom stereocenters. The van der Waals surface area contributed by atoms with Crippen LogP contribution in [0.25, 0.3) is 0 Å². The molecular weight excluding hydrogens is 348 g/mol. The van der Waals surface area contributed by atoms with Gasteiger partial charge in [0.25, 0.3) is 0 Å². The standard InChI is InChI=1S/C20H24N2O5/c1-26-16-9-8-15(18(21-16)27-2)17(19(23)24)22-12-10-20(25,11-13-22)14-6-4-3-5-7-14/h3-9,17,25H,10-13H2,1-2H3,(H,23,24). The second-order valence-corrected chi connectivity index (χ2v) is 6.63. The third-order valence-electron chi connectivity index (χ3n) is 5.10. The van der Waals surface area contributed by atoms with Gasteiger partial charge >= 0.3 is 5.97 Å². The molecule has 0 radical (unpaired) electrons. The number of hydrogen-bond acceptors (Lipinski definition) is 6. The van der Waals surface area contributed by atoms with Gasteiger partial charge in [0.1, 0.15) is 6.04 Å². The number of rotatable bonds is 6. The molecule has 1 aliphatic heterocycles. The maximum Gasteiger partial charge on any atom is 0.325 e. The molecule has 144 valence electrons. The Morgan fingerprint density at radius 2 is 1.78 bits per heavy atom. The summed E-state index contributed by atoms with van der Waals surface area (Å²) < 4.78 is 10.4. The summed E-state index contributed by atoms with van der Waals surface area (Å²) in [5, 5.41) is 20.8. The molecule has 0 aliphatic carbocycles. The monoisotopic (exact) mass is 372 g/mol. The minimum Gasteiger partial charge on any atom is -0.481 e. The first-order valence-corrected chi connectivity index (χ1v) is 8.82. The van der Waals surface area contributed by atoms with Crippen LogP contribution in [0, 0.1) is 0 Å². The zero-order valence-electron chi connectivity index (χ0n) is 15.5. The van der Waals surface area contributed by atoms with Crippen molar-refractivity contribution in [2.24, 2.45) is 0 Å². The lowest BCUT2D eigenvalue weighted by atomic mass is 9.83. The highest BCUT2D eigenvalue weighted by atomic mass is 16.5. The molecule has 1 fully saturated rings. The Kier molecular flexibility index (Phi) is 5.62. The van der Waals surface area contributed by atoms with E-state index in [4.69, 9.17) is 9.47 Å². The normalized spacial score (nSPS) is 17.9. The number of piperidine rings is 1. The first kappa shape index (κ1) is 19.1. The van der Waals surface area contributed by atoms with Crippen LogP contribution >= 0.6 is 0 Å². The fraction of sp³-hybridized carbons (Fsp3) is 0.400. The number of hydrogen-bond donors (Lipinski definition) is 2. The largest absolute Gasteiger partial charge is 0.481 e. The van der Waals surface area contributed by atoms with Gasteiger partial charge in [0, 0.05) is 24.7 Å². The molecule has 0 spiro atoms. The smallest absolute Gasteiger partial charge is 0.325 e. The maximum atomic E-state index is 12.0. The number of carbonyl (C=O) groups is 1. The van der Waals surface area contributed by atoms with Gasteiger partial charge in [0.15, 0.2) is 0 Å². The first-order chi connectivity index (χ1) is 13.0. The molecule has 2 heterocycles. The summed E-state index contributed by atoms with van der Waals surface area (Å²) in [5.74, 6) is -0.395. The molecule has 7 heteroatoms. The van der Waals surface area contributed by atoms with Crippen LogP contribution in [0.1, 0.15) is 30.0 Å². The van der Waals surface area contributed by atoms with E-state index < -0.39 is 17.6 Å². The molecule has 1 saturated heterocycles. The topological polar surface area (TPSA) is 92.1 Å². The number of ether oxygens (including phenoxy) is 2. The summed E-state index contributed by atoms with van der Waals surface area (Å²) in [7, 11) is 2.94. The Balaban J connectivity index is 1.83. The van der Waals surface area contributed by atoms with E-state index in [9.17, 15) is 15.0 Å². The van der Waals surface area contributed by atoms with Crippen molar-refractivity contribution in [3.63, 3.8) is 0 Å². The zero-order valence-corrected chi connectivity index (χ0v) is 15.5. The summed E-state index contributed by atoms with van der Waals surface area (Å²) in [5.41, 5.74) is 0.388. The van der Waals surface area contributed by atoms with Crippen LogP contribution in [-0.2, 0) is 10.4 Å². The SMILES string of the molecule is COc1ccc(C(C(=O)O)N2CCC(O)(c3ccccc3)CC2)c(OC)n1. The second kappa shape index (κ2) is 7.94. The molecule has 7 nitrogen and oxygen atoms in total. The second-order valence-electron chi connectivity index (χ2n) is 6.63. The van der Waals surface area contributed by atoms with Gasteiger partial charge in [-0.15, -0.1) is 0 Å². The third-order valence-corrected chi connectivity index (χ3v) is 5.10. The lowest BCUT2D eigenvalue weighted by Crippen LogP contribution is -2.46. The summed E-state index contributed by atoms with van der Waals surface area (Å²) >= 11 is 0. The Labute approximate surface area is 158 Å². The van der Waals surface area contributed by atoms with Crippen molar-refractivity contribution in [3.8, 4) is 11.8 Å². The number of aliphatic hydroxyl groups is 1. The fourth-order valence-electron chi connectivity index (χ4n) is 3.59. The third kappa shape index (κ3) is 3.89. The lowest BCUT2D eigenvalue weighted by molar-refractivity contribution is -0.146. The van der Waals surface area contributed by atoms with Crippen LogP contribution in [0.2, 0.25) is 0 Å². The summed E-state index contributed by atoms with van der Waals surface area (Å²) in [4.78, 5) is 18.1. The minimum atomic E-state index is -0.981.